The summed E-state index contributed by atoms with van der Waals surface area (Å²) in [6, 6.07) is 7.55. The van der Waals surface area contributed by atoms with Crippen molar-refractivity contribution in [2.24, 2.45) is 5.73 Å². The van der Waals surface area contributed by atoms with E-state index in [0.29, 0.717) is 0 Å². The summed E-state index contributed by atoms with van der Waals surface area (Å²) in [6.07, 6.45) is 0. The van der Waals surface area contributed by atoms with E-state index < -0.39 is 0 Å². The van der Waals surface area contributed by atoms with Gasteiger partial charge in [-0.15, -0.1) is 0 Å². The average molecular weight is 178 g/mol. The molecule has 0 saturated carbocycles. The molecule has 3 heteroatoms. The van der Waals surface area contributed by atoms with Gasteiger partial charge in [-0.25, -0.2) is 0 Å². The Kier molecular flexibility index (Phi) is 3.03. The maximum atomic E-state index is 10.7. The highest BCUT2D eigenvalue weighted by Crippen LogP contribution is 2.13. The van der Waals surface area contributed by atoms with Gasteiger partial charge in [-0.3, -0.25) is 4.79 Å². The Morgan fingerprint density at radius 2 is 1.92 bits per heavy atom. The molecule has 0 bridgehead atoms. The predicted octanol–water partition coefficient (Wildman–Crippen LogP) is 1.66. The summed E-state index contributed by atoms with van der Waals surface area (Å²) in [5.74, 6) is -0.0615. The van der Waals surface area contributed by atoms with Gasteiger partial charge < -0.3 is 11.1 Å². The molecule has 3 N–H and O–H groups in total. The Morgan fingerprint density at radius 3 is 2.31 bits per heavy atom. The van der Waals surface area contributed by atoms with Crippen LogP contribution in [0.5, 0.6) is 0 Å². The molecule has 0 aliphatic heterocycles. The Hall–Kier alpha value is -1.35. The van der Waals surface area contributed by atoms with Crippen LogP contribution in [0.4, 0.5) is 5.69 Å². The van der Waals surface area contributed by atoms with Gasteiger partial charge in [-0.2, -0.15) is 0 Å². The van der Waals surface area contributed by atoms with Crippen LogP contribution in [0, 0.1) is 0 Å². The van der Waals surface area contributed by atoms with Gasteiger partial charge in [-0.1, -0.05) is 12.1 Å². The molecule has 0 unspecified atom stereocenters. The molecule has 1 aromatic carbocycles. The molecule has 0 saturated heterocycles. The molecule has 0 fully saturated rings. The minimum absolute atomic E-state index is 0.0337. The molecule has 1 rings (SSSR count). The molecule has 3 nitrogen and oxygen atoms in total. The Bertz CT molecular complexity index is 290. The third kappa shape index (κ3) is 2.87. The molecule has 0 aliphatic rings. The van der Waals surface area contributed by atoms with E-state index in [-0.39, 0.29) is 11.9 Å². The lowest BCUT2D eigenvalue weighted by Gasteiger charge is -2.06. The van der Waals surface area contributed by atoms with Gasteiger partial charge >= 0.3 is 0 Å². The zero-order chi connectivity index (χ0) is 9.84. The molecule has 0 radical (unpaired) electrons. The summed E-state index contributed by atoms with van der Waals surface area (Å²) >= 11 is 0. The smallest absolute Gasteiger partial charge is 0.221 e. The molecule has 0 aliphatic carbocycles. The molecule has 1 amide bonds. The van der Waals surface area contributed by atoms with Crippen molar-refractivity contribution in [3.05, 3.63) is 29.8 Å². The lowest BCUT2D eigenvalue weighted by molar-refractivity contribution is -0.114. The van der Waals surface area contributed by atoms with E-state index in [1.807, 2.05) is 31.2 Å². The molecule has 0 heterocycles. The van der Waals surface area contributed by atoms with E-state index >= 15 is 0 Å². The number of nitrogens with one attached hydrogen (secondary N) is 1. The molecular weight excluding hydrogens is 164 g/mol. The minimum Gasteiger partial charge on any atom is -0.326 e. The van der Waals surface area contributed by atoms with Crippen LogP contribution in [0.1, 0.15) is 25.5 Å². The number of carbonyl (C=O) groups is 1. The number of benzene rings is 1. The second-order valence-corrected chi connectivity index (χ2v) is 3.09. The maximum Gasteiger partial charge on any atom is 0.221 e. The van der Waals surface area contributed by atoms with Gasteiger partial charge in [-0.05, 0) is 24.6 Å². The van der Waals surface area contributed by atoms with Gasteiger partial charge in [0.2, 0.25) is 5.91 Å². The lowest BCUT2D eigenvalue weighted by atomic mass is 10.1. The van der Waals surface area contributed by atoms with Crippen LogP contribution in [0.25, 0.3) is 0 Å². The minimum atomic E-state index is -0.0615. The first-order valence-electron chi connectivity index (χ1n) is 4.22. The van der Waals surface area contributed by atoms with Crippen molar-refractivity contribution in [3.63, 3.8) is 0 Å². The van der Waals surface area contributed by atoms with E-state index in [0.717, 1.165) is 11.3 Å². The quantitative estimate of drug-likeness (QED) is 0.723. The van der Waals surface area contributed by atoms with E-state index in [1.54, 1.807) is 0 Å². The first kappa shape index (κ1) is 9.74. The lowest BCUT2D eigenvalue weighted by Crippen LogP contribution is -2.07. The van der Waals surface area contributed by atoms with E-state index in [2.05, 4.69) is 5.32 Å². The van der Waals surface area contributed by atoms with Crippen LogP contribution in [0.2, 0.25) is 0 Å². The highest BCUT2D eigenvalue weighted by Gasteiger charge is 1.99. The summed E-state index contributed by atoms with van der Waals surface area (Å²) in [5, 5.41) is 2.69. The number of rotatable bonds is 2. The zero-order valence-corrected chi connectivity index (χ0v) is 7.87. The first-order valence-corrected chi connectivity index (χ1v) is 4.22. The van der Waals surface area contributed by atoms with Crippen molar-refractivity contribution in [2.75, 3.05) is 5.32 Å². The summed E-state index contributed by atoms with van der Waals surface area (Å²) in [6.45, 7) is 3.41. The second kappa shape index (κ2) is 4.05. The summed E-state index contributed by atoms with van der Waals surface area (Å²) in [5.41, 5.74) is 7.54. The van der Waals surface area contributed by atoms with E-state index in [4.69, 9.17) is 5.73 Å². The van der Waals surface area contributed by atoms with E-state index in [1.165, 1.54) is 6.92 Å². The Balaban J connectivity index is 2.75. The van der Waals surface area contributed by atoms with Gasteiger partial charge in [0.05, 0.1) is 0 Å². The second-order valence-electron chi connectivity index (χ2n) is 3.09. The summed E-state index contributed by atoms with van der Waals surface area (Å²) in [7, 11) is 0. The van der Waals surface area contributed by atoms with E-state index in [9.17, 15) is 4.79 Å². The molecular formula is C10H14N2O. The largest absolute Gasteiger partial charge is 0.326 e. The number of hydrogen-bond donors (Lipinski definition) is 2. The molecule has 0 aromatic heterocycles. The van der Waals surface area contributed by atoms with Gasteiger partial charge in [0.25, 0.3) is 0 Å². The molecule has 0 spiro atoms. The number of nitrogens with two attached hydrogens (primary N) is 1. The maximum absolute atomic E-state index is 10.7. The monoisotopic (exact) mass is 178 g/mol. The molecule has 70 valence electrons. The average Bonchev–Trinajstić information content (AvgIpc) is 2.04. The highest BCUT2D eigenvalue weighted by molar-refractivity contribution is 5.88. The van der Waals surface area contributed by atoms with Crippen molar-refractivity contribution in [3.8, 4) is 0 Å². The number of hydrogen-bond acceptors (Lipinski definition) is 2. The Labute approximate surface area is 77.9 Å². The SMILES string of the molecule is CC(=O)Nc1ccc([C@@H](C)N)cc1. The third-order valence-corrected chi connectivity index (χ3v) is 1.76. The topological polar surface area (TPSA) is 55.1 Å². The van der Waals surface area contributed by atoms with Gasteiger partial charge in [0.15, 0.2) is 0 Å². The van der Waals surface area contributed by atoms with Crippen molar-refractivity contribution >= 4 is 11.6 Å². The van der Waals surface area contributed by atoms with Crippen molar-refractivity contribution in [1.29, 1.82) is 0 Å². The predicted molar refractivity (Wildman–Crippen MR) is 53.3 cm³/mol. The molecule has 1 atom stereocenters. The van der Waals surface area contributed by atoms with Crippen molar-refractivity contribution in [2.45, 2.75) is 19.9 Å². The number of anilines is 1. The zero-order valence-electron chi connectivity index (χ0n) is 7.87. The number of amides is 1. The van der Waals surface area contributed by atoms with Crippen LogP contribution in [-0.4, -0.2) is 5.91 Å². The number of carbonyl (C=O) groups excluding carboxylic acids is 1. The van der Waals surface area contributed by atoms with Crippen molar-refractivity contribution < 1.29 is 4.79 Å². The fourth-order valence-electron chi connectivity index (χ4n) is 1.07. The van der Waals surface area contributed by atoms with Crippen LogP contribution in [-0.2, 0) is 4.79 Å². The fourth-order valence-corrected chi connectivity index (χ4v) is 1.07. The summed E-state index contributed by atoms with van der Waals surface area (Å²) < 4.78 is 0. The molecule has 1 aromatic rings. The van der Waals surface area contributed by atoms with Gasteiger partial charge in [0, 0.05) is 18.7 Å². The van der Waals surface area contributed by atoms with Crippen LogP contribution < -0.4 is 11.1 Å². The summed E-state index contributed by atoms with van der Waals surface area (Å²) in [4.78, 5) is 10.7. The standard InChI is InChI=1S/C10H14N2O/c1-7(11)9-3-5-10(6-4-9)12-8(2)13/h3-7H,11H2,1-2H3,(H,12,13)/t7-/m1/s1. The Morgan fingerprint density at radius 1 is 1.38 bits per heavy atom. The van der Waals surface area contributed by atoms with Crippen LogP contribution in [0.15, 0.2) is 24.3 Å². The van der Waals surface area contributed by atoms with Crippen LogP contribution >= 0.6 is 0 Å². The fraction of sp³-hybridized carbons (Fsp3) is 0.300. The first-order chi connectivity index (χ1) is 6.09. The normalized spacial score (nSPS) is 12.2. The van der Waals surface area contributed by atoms with Gasteiger partial charge in [0.1, 0.15) is 0 Å². The van der Waals surface area contributed by atoms with Crippen molar-refractivity contribution in [1.82, 2.24) is 0 Å². The highest BCUT2D eigenvalue weighted by atomic mass is 16.1. The molecule has 13 heavy (non-hydrogen) atoms. The third-order valence-electron chi connectivity index (χ3n) is 1.76. The van der Waals surface area contributed by atoms with Crippen LogP contribution in [0.3, 0.4) is 0 Å².